The quantitative estimate of drug-likeness (QED) is 0.577. The summed E-state index contributed by atoms with van der Waals surface area (Å²) < 4.78 is 59.8. The zero-order valence-corrected chi connectivity index (χ0v) is 18.4. The number of fused-ring (bicyclic) bond motifs is 1. The molecule has 3 unspecified atom stereocenters. The number of nitrogens with one attached hydrogen (secondary N) is 2. The lowest BCUT2D eigenvalue weighted by Gasteiger charge is -2.30. The number of hydrogen-bond donors (Lipinski definition) is 2. The van der Waals surface area contributed by atoms with Crippen LogP contribution >= 0.6 is 0 Å². The highest BCUT2D eigenvalue weighted by Gasteiger charge is 2.55. The molecule has 1 saturated carbocycles. The number of alkyl halides is 3. The van der Waals surface area contributed by atoms with Gasteiger partial charge in [-0.05, 0) is 61.2 Å². The summed E-state index contributed by atoms with van der Waals surface area (Å²) in [6.45, 7) is -0.288. The van der Waals surface area contributed by atoms with Crippen LogP contribution in [-0.4, -0.2) is 48.8 Å². The molecule has 0 bridgehead atoms. The molecule has 2 aromatic carbocycles. The molecule has 1 heterocycles. The zero-order valence-electron chi connectivity index (χ0n) is 18.4. The molecule has 11 heteroatoms. The van der Waals surface area contributed by atoms with Crippen LogP contribution in [0, 0.1) is 5.82 Å². The minimum absolute atomic E-state index is 0.0478. The van der Waals surface area contributed by atoms with E-state index in [4.69, 9.17) is 4.74 Å². The molecule has 2 N–H and O–H groups in total. The Balaban J connectivity index is 1.48. The van der Waals surface area contributed by atoms with Crippen molar-refractivity contribution in [1.82, 2.24) is 10.6 Å². The van der Waals surface area contributed by atoms with Crippen LogP contribution in [0.5, 0.6) is 5.75 Å². The van der Waals surface area contributed by atoms with Gasteiger partial charge >= 0.3 is 6.36 Å². The van der Waals surface area contributed by atoms with Crippen molar-refractivity contribution in [1.29, 1.82) is 0 Å². The normalized spacial score (nSPS) is 22.4. The summed E-state index contributed by atoms with van der Waals surface area (Å²) in [5, 5.41) is 5.41. The molecule has 4 rings (SSSR count). The Morgan fingerprint density at radius 2 is 1.80 bits per heavy atom. The number of carbonyl (C=O) groups excluding carboxylic acids is 3. The Kier molecular flexibility index (Phi) is 6.79. The fraction of sp³-hybridized carbons (Fsp3) is 0.375. The molecule has 2 amide bonds. The van der Waals surface area contributed by atoms with Crippen LogP contribution in [0.2, 0.25) is 0 Å². The second kappa shape index (κ2) is 9.65. The van der Waals surface area contributed by atoms with E-state index >= 15 is 0 Å². The van der Waals surface area contributed by atoms with Gasteiger partial charge in [-0.3, -0.25) is 14.4 Å². The Morgan fingerprint density at radius 1 is 1.11 bits per heavy atom. The molecule has 0 spiro atoms. The van der Waals surface area contributed by atoms with E-state index < -0.39 is 47.3 Å². The second-order valence-corrected chi connectivity index (χ2v) is 8.46. The van der Waals surface area contributed by atoms with Crippen LogP contribution in [0.4, 0.5) is 17.6 Å². The molecule has 1 aliphatic carbocycles. The van der Waals surface area contributed by atoms with Crippen LogP contribution < -0.4 is 15.4 Å². The molecule has 1 aliphatic heterocycles. The third-order valence-electron chi connectivity index (χ3n) is 6.25. The summed E-state index contributed by atoms with van der Waals surface area (Å²) in [7, 11) is 0. The summed E-state index contributed by atoms with van der Waals surface area (Å²) >= 11 is 0. The number of rotatable bonds is 7. The van der Waals surface area contributed by atoms with Crippen molar-refractivity contribution in [3.63, 3.8) is 0 Å². The molecule has 3 atom stereocenters. The van der Waals surface area contributed by atoms with Crippen molar-refractivity contribution in [2.24, 2.45) is 0 Å². The second-order valence-electron chi connectivity index (χ2n) is 8.46. The lowest BCUT2D eigenvalue weighted by Crippen LogP contribution is -2.57. The highest BCUT2D eigenvalue weighted by atomic mass is 19.4. The summed E-state index contributed by atoms with van der Waals surface area (Å²) in [6.07, 6.45) is -3.49. The van der Waals surface area contributed by atoms with Crippen molar-refractivity contribution in [2.45, 2.75) is 43.2 Å². The largest absolute Gasteiger partial charge is 0.573 e. The maximum Gasteiger partial charge on any atom is 0.573 e. The van der Waals surface area contributed by atoms with Crippen molar-refractivity contribution in [2.75, 3.05) is 13.2 Å². The topological polar surface area (TPSA) is 93.7 Å². The van der Waals surface area contributed by atoms with E-state index in [-0.39, 0.29) is 24.5 Å². The van der Waals surface area contributed by atoms with E-state index in [9.17, 15) is 31.9 Å². The van der Waals surface area contributed by atoms with Crippen LogP contribution in [-0.2, 0) is 14.3 Å². The third-order valence-corrected chi connectivity index (χ3v) is 6.25. The van der Waals surface area contributed by atoms with Gasteiger partial charge in [-0.15, -0.1) is 13.2 Å². The lowest BCUT2D eigenvalue weighted by molar-refractivity contribution is -0.274. The molecule has 2 fully saturated rings. The van der Waals surface area contributed by atoms with Crippen molar-refractivity contribution < 1.29 is 41.4 Å². The first kappa shape index (κ1) is 24.6. The third kappa shape index (κ3) is 5.45. The van der Waals surface area contributed by atoms with Crippen molar-refractivity contribution in [3.8, 4) is 5.75 Å². The van der Waals surface area contributed by atoms with Gasteiger partial charge in [-0.25, -0.2) is 4.39 Å². The van der Waals surface area contributed by atoms with Gasteiger partial charge in [0.05, 0.1) is 12.0 Å². The van der Waals surface area contributed by atoms with Crippen LogP contribution in [0.15, 0.2) is 48.5 Å². The van der Waals surface area contributed by atoms with Crippen LogP contribution in [0.1, 0.15) is 41.1 Å². The lowest BCUT2D eigenvalue weighted by atomic mass is 9.90. The molecule has 0 aromatic heterocycles. The molecule has 0 radical (unpaired) electrons. The van der Waals surface area contributed by atoms with Crippen LogP contribution in [0.25, 0.3) is 0 Å². The van der Waals surface area contributed by atoms with Crippen molar-refractivity contribution in [3.05, 3.63) is 65.5 Å². The fourth-order valence-electron chi connectivity index (χ4n) is 4.50. The molecule has 1 saturated heterocycles. The number of Topliss-reactive ketones (excluding diaryl/α,β-unsaturated/α-hetero) is 1. The Labute approximate surface area is 197 Å². The SMILES string of the molecule is O=C(NCC(C(=O)NC12CCCC1OCC2=O)c1ccc(F)cc1)c1ccc(OC(F)(F)F)cc1. The number of ether oxygens (including phenoxy) is 2. The van der Waals surface area contributed by atoms with E-state index in [1.165, 1.54) is 24.3 Å². The number of ketones is 1. The van der Waals surface area contributed by atoms with Gasteiger partial charge < -0.3 is 20.1 Å². The Hall–Kier alpha value is -3.47. The number of benzene rings is 2. The van der Waals surface area contributed by atoms with E-state index in [0.717, 1.165) is 24.3 Å². The van der Waals surface area contributed by atoms with E-state index in [1.807, 2.05) is 0 Å². The zero-order chi connectivity index (χ0) is 25.2. The smallest absolute Gasteiger partial charge is 0.406 e. The van der Waals surface area contributed by atoms with Gasteiger partial charge in [0.15, 0.2) is 5.78 Å². The molecule has 7 nitrogen and oxygen atoms in total. The first-order valence-corrected chi connectivity index (χ1v) is 10.9. The molecular weight excluding hydrogens is 472 g/mol. The Bertz CT molecular complexity index is 1100. The minimum Gasteiger partial charge on any atom is -0.406 e. The van der Waals surface area contributed by atoms with Gasteiger partial charge in [0, 0.05) is 12.1 Å². The van der Waals surface area contributed by atoms with Crippen LogP contribution in [0.3, 0.4) is 0 Å². The molecule has 35 heavy (non-hydrogen) atoms. The fourth-order valence-corrected chi connectivity index (χ4v) is 4.50. The van der Waals surface area contributed by atoms with Gasteiger partial charge in [0.25, 0.3) is 5.91 Å². The average Bonchev–Trinajstić information content (AvgIpc) is 3.33. The maximum absolute atomic E-state index is 13.5. The summed E-state index contributed by atoms with van der Waals surface area (Å²) in [6, 6.07) is 9.47. The summed E-state index contributed by atoms with van der Waals surface area (Å²) in [5.74, 6) is -3.33. The predicted octanol–water partition coefficient (Wildman–Crippen LogP) is 3.24. The Morgan fingerprint density at radius 3 is 2.46 bits per heavy atom. The summed E-state index contributed by atoms with van der Waals surface area (Å²) in [5.41, 5.74) is -0.657. The maximum atomic E-state index is 13.5. The van der Waals surface area contributed by atoms with Gasteiger partial charge in [-0.2, -0.15) is 0 Å². The van der Waals surface area contributed by atoms with E-state index in [0.29, 0.717) is 24.8 Å². The van der Waals surface area contributed by atoms with E-state index in [2.05, 4.69) is 15.4 Å². The average molecular weight is 494 g/mol. The highest BCUT2D eigenvalue weighted by molar-refractivity contribution is 5.98. The number of hydrogen-bond acceptors (Lipinski definition) is 5. The number of amides is 2. The monoisotopic (exact) mass is 494 g/mol. The minimum atomic E-state index is -4.86. The first-order valence-electron chi connectivity index (χ1n) is 10.9. The number of carbonyl (C=O) groups is 3. The van der Waals surface area contributed by atoms with Gasteiger partial charge in [0.1, 0.15) is 23.7 Å². The molecule has 2 aliphatic rings. The summed E-state index contributed by atoms with van der Waals surface area (Å²) in [4.78, 5) is 38.4. The van der Waals surface area contributed by atoms with Gasteiger partial charge in [0.2, 0.25) is 5.91 Å². The van der Waals surface area contributed by atoms with Gasteiger partial charge in [-0.1, -0.05) is 12.1 Å². The standard InChI is InChI=1S/C24H22F4N2O5/c25-16-7-3-14(4-8-16)18(22(33)30-23-11-1-2-20(23)34-13-19(23)31)12-29-21(32)15-5-9-17(10-6-15)35-24(26,27)28/h3-10,18,20H,1-2,11-13H2,(H,29,32)(H,30,33). The van der Waals surface area contributed by atoms with Crippen molar-refractivity contribution >= 4 is 17.6 Å². The molecular formula is C24H22F4N2O5. The number of halogens is 4. The molecule has 186 valence electrons. The molecule has 2 aromatic rings. The first-order chi connectivity index (χ1) is 16.6. The highest BCUT2D eigenvalue weighted by Crippen LogP contribution is 2.38. The predicted molar refractivity (Wildman–Crippen MR) is 114 cm³/mol. The van der Waals surface area contributed by atoms with E-state index in [1.54, 1.807) is 0 Å².